The number of anilines is 1. The van der Waals surface area contributed by atoms with E-state index >= 15 is 0 Å². The molecule has 1 heterocycles. The fourth-order valence-electron chi connectivity index (χ4n) is 1.48. The van der Waals surface area contributed by atoms with Gasteiger partial charge in [0.15, 0.2) is 5.82 Å². The predicted molar refractivity (Wildman–Crippen MR) is 73.9 cm³/mol. The Morgan fingerprint density at radius 3 is 2.26 bits per heavy atom. The van der Waals surface area contributed by atoms with Crippen molar-refractivity contribution in [1.29, 1.82) is 0 Å². The smallest absolute Gasteiger partial charge is 0.242 e. The zero-order valence-electron chi connectivity index (χ0n) is 10.4. The molecule has 6 nitrogen and oxygen atoms in total. The van der Waals surface area contributed by atoms with Crippen LogP contribution < -0.4 is 5.73 Å². The van der Waals surface area contributed by atoms with Crippen LogP contribution in [0.5, 0.6) is 0 Å². The third kappa shape index (κ3) is 2.58. The lowest BCUT2D eigenvalue weighted by Gasteiger charge is -2.11. The van der Waals surface area contributed by atoms with E-state index in [1.165, 1.54) is 30.9 Å². The molecule has 102 valence electrons. The molecule has 2 N–H and O–H groups in total. The van der Waals surface area contributed by atoms with Gasteiger partial charge < -0.3 is 5.73 Å². The molecular weight excluding hydrogens is 288 g/mol. The minimum Gasteiger partial charge on any atom is -0.381 e. The number of nitrogens with two attached hydrogens (primary N) is 1. The first-order chi connectivity index (χ1) is 8.82. The van der Waals surface area contributed by atoms with E-state index in [0.29, 0.717) is 10.7 Å². The largest absolute Gasteiger partial charge is 0.381 e. The molecule has 0 aliphatic rings. The molecule has 0 aliphatic heterocycles. The maximum absolute atomic E-state index is 11.9. The summed E-state index contributed by atoms with van der Waals surface area (Å²) in [5.41, 5.74) is 6.23. The molecule has 1 aromatic carbocycles. The average Bonchev–Trinajstić information content (AvgIpc) is 2.69. The molecule has 0 unspecified atom stereocenters. The van der Waals surface area contributed by atoms with E-state index in [9.17, 15) is 8.42 Å². The van der Waals surface area contributed by atoms with Crippen LogP contribution in [-0.4, -0.2) is 36.6 Å². The van der Waals surface area contributed by atoms with Crippen molar-refractivity contribution in [3.63, 3.8) is 0 Å². The lowest BCUT2D eigenvalue weighted by molar-refractivity contribution is 0.520. The molecule has 0 bridgehead atoms. The number of hydrogen-bond acceptors (Lipinski definition) is 4. The van der Waals surface area contributed by atoms with E-state index in [-0.39, 0.29) is 10.7 Å². The number of sulfonamides is 1. The van der Waals surface area contributed by atoms with E-state index in [2.05, 4.69) is 5.10 Å². The highest BCUT2D eigenvalue weighted by Crippen LogP contribution is 2.20. The summed E-state index contributed by atoms with van der Waals surface area (Å²) >= 11 is 5.81. The van der Waals surface area contributed by atoms with Crippen LogP contribution in [0.25, 0.3) is 5.69 Å². The second-order valence-electron chi connectivity index (χ2n) is 4.09. The summed E-state index contributed by atoms with van der Waals surface area (Å²) in [6.07, 6.45) is 1.56. The highest BCUT2D eigenvalue weighted by molar-refractivity contribution is 7.89. The molecule has 19 heavy (non-hydrogen) atoms. The van der Waals surface area contributed by atoms with Crippen LogP contribution in [0, 0.1) is 0 Å². The fourth-order valence-corrected chi connectivity index (χ4v) is 2.51. The Morgan fingerprint density at radius 1 is 1.26 bits per heavy atom. The van der Waals surface area contributed by atoms with Gasteiger partial charge in [0.1, 0.15) is 5.02 Å². The van der Waals surface area contributed by atoms with Gasteiger partial charge in [-0.05, 0) is 24.3 Å². The van der Waals surface area contributed by atoms with Gasteiger partial charge in [0.25, 0.3) is 0 Å². The Kier molecular flexibility index (Phi) is 3.53. The normalized spacial score (nSPS) is 12.0. The highest BCUT2D eigenvalue weighted by atomic mass is 35.5. The van der Waals surface area contributed by atoms with Gasteiger partial charge in [0.2, 0.25) is 10.0 Å². The van der Waals surface area contributed by atoms with Crippen LogP contribution in [0.2, 0.25) is 5.02 Å². The summed E-state index contributed by atoms with van der Waals surface area (Å²) in [6, 6.07) is 6.30. The van der Waals surface area contributed by atoms with Gasteiger partial charge >= 0.3 is 0 Å². The first-order valence-electron chi connectivity index (χ1n) is 5.36. The molecule has 0 amide bonds. The highest BCUT2D eigenvalue weighted by Gasteiger charge is 2.16. The first kappa shape index (κ1) is 13.9. The molecule has 0 aliphatic carbocycles. The van der Waals surface area contributed by atoms with Gasteiger partial charge in [-0.25, -0.2) is 17.4 Å². The van der Waals surface area contributed by atoms with Gasteiger partial charge in [-0.2, -0.15) is 0 Å². The van der Waals surface area contributed by atoms with Crippen LogP contribution in [0.4, 0.5) is 5.82 Å². The Labute approximate surface area is 116 Å². The molecule has 0 spiro atoms. The van der Waals surface area contributed by atoms with Gasteiger partial charge in [-0.15, -0.1) is 5.10 Å². The molecule has 2 aromatic rings. The molecule has 0 fully saturated rings. The van der Waals surface area contributed by atoms with Crippen LogP contribution >= 0.6 is 11.6 Å². The van der Waals surface area contributed by atoms with Crippen LogP contribution in [0.3, 0.4) is 0 Å². The standard InChI is InChI=1S/C11H13ClN4O2S/c1-15(2)19(17,18)9-5-3-8(4-6-9)16-7-10(12)11(13)14-16/h3-7H,1-2H3,(H2,13,14). The summed E-state index contributed by atoms with van der Waals surface area (Å²) in [7, 11) is -0.459. The van der Waals surface area contributed by atoms with Crippen molar-refractivity contribution in [2.45, 2.75) is 4.90 Å². The third-order valence-corrected chi connectivity index (χ3v) is 4.70. The van der Waals surface area contributed by atoms with E-state index in [4.69, 9.17) is 17.3 Å². The van der Waals surface area contributed by atoms with Crippen LogP contribution in [0.15, 0.2) is 35.4 Å². The van der Waals surface area contributed by atoms with Gasteiger partial charge in [-0.1, -0.05) is 11.6 Å². The predicted octanol–water partition coefficient (Wildman–Crippen LogP) is 1.36. The van der Waals surface area contributed by atoms with Crippen molar-refractivity contribution in [3.8, 4) is 5.69 Å². The molecule has 0 saturated heterocycles. The van der Waals surface area contributed by atoms with Gasteiger partial charge in [0.05, 0.1) is 16.8 Å². The van der Waals surface area contributed by atoms with Crippen molar-refractivity contribution >= 4 is 27.4 Å². The van der Waals surface area contributed by atoms with Crippen LogP contribution in [0.1, 0.15) is 0 Å². The van der Waals surface area contributed by atoms with Gasteiger partial charge in [-0.3, -0.25) is 0 Å². The van der Waals surface area contributed by atoms with Crippen molar-refractivity contribution in [2.24, 2.45) is 0 Å². The van der Waals surface area contributed by atoms with E-state index in [1.807, 2.05) is 0 Å². The second-order valence-corrected chi connectivity index (χ2v) is 6.65. The van der Waals surface area contributed by atoms with Crippen molar-refractivity contribution in [3.05, 3.63) is 35.5 Å². The number of nitrogen functional groups attached to an aromatic ring is 1. The molecule has 2 rings (SSSR count). The molecular formula is C11H13ClN4O2S. The molecule has 0 saturated carbocycles. The molecule has 0 atom stereocenters. The maximum Gasteiger partial charge on any atom is 0.242 e. The number of hydrogen-bond donors (Lipinski definition) is 1. The molecule has 0 radical (unpaired) electrons. The first-order valence-corrected chi connectivity index (χ1v) is 7.18. The van der Waals surface area contributed by atoms with Gasteiger partial charge in [0, 0.05) is 14.1 Å². The van der Waals surface area contributed by atoms with E-state index in [1.54, 1.807) is 18.3 Å². The average molecular weight is 301 g/mol. The summed E-state index contributed by atoms with van der Waals surface area (Å²) in [5, 5.41) is 4.36. The Morgan fingerprint density at radius 2 is 1.84 bits per heavy atom. The summed E-state index contributed by atoms with van der Waals surface area (Å²) < 4.78 is 26.4. The Bertz CT molecular complexity index is 672. The summed E-state index contributed by atoms with van der Waals surface area (Å²) in [6.45, 7) is 0. The Hall–Kier alpha value is -1.57. The number of benzene rings is 1. The molecule has 8 heteroatoms. The minimum absolute atomic E-state index is 0.215. The maximum atomic E-state index is 11.9. The third-order valence-electron chi connectivity index (χ3n) is 2.58. The number of aromatic nitrogens is 2. The second kappa shape index (κ2) is 4.84. The molecule has 1 aromatic heterocycles. The quantitative estimate of drug-likeness (QED) is 0.928. The van der Waals surface area contributed by atoms with Crippen molar-refractivity contribution in [1.82, 2.24) is 14.1 Å². The fraction of sp³-hybridized carbons (Fsp3) is 0.182. The zero-order chi connectivity index (χ0) is 14.2. The number of nitrogens with zero attached hydrogens (tertiary/aromatic N) is 3. The van der Waals surface area contributed by atoms with Crippen LogP contribution in [-0.2, 0) is 10.0 Å². The summed E-state index contributed by atoms with van der Waals surface area (Å²) in [4.78, 5) is 0.215. The lowest BCUT2D eigenvalue weighted by Crippen LogP contribution is -2.22. The lowest BCUT2D eigenvalue weighted by atomic mass is 10.3. The van der Waals surface area contributed by atoms with Crippen molar-refractivity contribution in [2.75, 3.05) is 19.8 Å². The SMILES string of the molecule is CN(C)S(=O)(=O)c1ccc(-n2cc(Cl)c(N)n2)cc1. The number of halogens is 1. The monoisotopic (exact) mass is 300 g/mol. The van der Waals surface area contributed by atoms with E-state index in [0.717, 1.165) is 4.31 Å². The minimum atomic E-state index is -3.43. The zero-order valence-corrected chi connectivity index (χ0v) is 12.0. The van der Waals surface area contributed by atoms with Crippen molar-refractivity contribution < 1.29 is 8.42 Å². The Balaban J connectivity index is 2.39. The summed E-state index contributed by atoms with van der Waals surface area (Å²) in [5.74, 6) is 0.228. The topological polar surface area (TPSA) is 81.2 Å². The number of rotatable bonds is 3. The van der Waals surface area contributed by atoms with E-state index < -0.39 is 10.0 Å².